The largest absolute Gasteiger partial charge is 0.367 e. The molecular formula is C25H27FN4O3. The van der Waals surface area contributed by atoms with Crippen molar-refractivity contribution in [1.29, 1.82) is 0 Å². The fourth-order valence-corrected chi connectivity index (χ4v) is 4.96. The van der Waals surface area contributed by atoms with Gasteiger partial charge in [0.2, 0.25) is 11.8 Å². The lowest BCUT2D eigenvalue weighted by Crippen LogP contribution is -2.52. The number of carbonyl (C=O) groups excluding carboxylic acids is 3. The molecule has 2 aromatic rings. The van der Waals surface area contributed by atoms with E-state index in [2.05, 4.69) is 34.5 Å². The number of piperidine rings is 1. The fourth-order valence-electron chi connectivity index (χ4n) is 4.96. The van der Waals surface area contributed by atoms with Crippen molar-refractivity contribution >= 4 is 23.4 Å². The number of nitrogens with zero attached hydrogens (tertiary/aromatic N) is 3. The van der Waals surface area contributed by atoms with Crippen molar-refractivity contribution in [3.8, 4) is 0 Å². The quantitative estimate of drug-likeness (QED) is 0.705. The Bertz CT molecular complexity index is 1080. The third-order valence-electron chi connectivity index (χ3n) is 6.86. The Morgan fingerprint density at radius 2 is 1.76 bits per heavy atom. The summed E-state index contributed by atoms with van der Waals surface area (Å²) >= 11 is 0. The van der Waals surface area contributed by atoms with Crippen molar-refractivity contribution in [2.75, 3.05) is 37.6 Å². The molecule has 3 aliphatic heterocycles. The van der Waals surface area contributed by atoms with Gasteiger partial charge in [0.25, 0.3) is 5.91 Å². The molecule has 8 heteroatoms. The minimum Gasteiger partial charge on any atom is -0.367 e. The molecule has 0 aromatic heterocycles. The van der Waals surface area contributed by atoms with E-state index < -0.39 is 17.8 Å². The molecule has 2 saturated heterocycles. The highest BCUT2D eigenvalue weighted by molar-refractivity contribution is 6.05. The van der Waals surface area contributed by atoms with Gasteiger partial charge >= 0.3 is 0 Å². The molecule has 1 N–H and O–H groups in total. The molecule has 0 aliphatic carbocycles. The molecule has 0 saturated carbocycles. The van der Waals surface area contributed by atoms with Gasteiger partial charge in [-0.3, -0.25) is 24.6 Å². The second kappa shape index (κ2) is 8.94. The van der Waals surface area contributed by atoms with E-state index >= 15 is 4.39 Å². The van der Waals surface area contributed by atoms with Crippen LogP contribution in [0.5, 0.6) is 0 Å². The maximum atomic E-state index is 15.0. The molecule has 3 aliphatic rings. The number of fused-ring (bicyclic) bond motifs is 1. The standard InChI is InChI=1S/C25H27FN4O3/c26-20-15-19-18(16-30(25(19)33)21-6-7-23(31)27-24(21)32)14-22(20)29-12-10-28(11-13-29)9-8-17-4-2-1-3-5-17/h1-5,14-15,21H,6-13,16H2,(H,27,31,32). The second-order valence-corrected chi connectivity index (χ2v) is 8.93. The first kappa shape index (κ1) is 21.6. The van der Waals surface area contributed by atoms with Crippen LogP contribution in [0, 0.1) is 5.82 Å². The van der Waals surface area contributed by atoms with Gasteiger partial charge in [-0.2, -0.15) is 0 Å². The van der Waals surface area contributed by atoms with Gasteiger partial charge in [0.1, 0.15) is 11.9 Å². The van der Waals surface area contributed by atoms with Crippen LogP contribution < -0.4 is 10.2 Å². The zero-order valence-electron chi connectivity index (χ0n) is 18.4. The van der Waals surface area contributed by atoms with E-state index in [9.17, 15) is 14.4 Å². The highest BCUT2D eigenvalue weighted by Gasteiger charge is 2.39. The average molecular weight is 451 g/mol. The topological polar surface area (TPSA) is 73.0 Å². The van der Waals surface area contributed by atoms with Crippen molar-refractivity contribution in [3.05, 3.63) is 65.0 Å². The van der Waals surface area contributed by atoms with Gasteiger partial charge in [-0.05, 0) is 36.1 Å². The summed E-state index contributed by atoms with van der Waals surface area (Å²) in [4.78, 5) is 42.4. The minimum absolute atomic E-state index is 0.199. The Labute approximate surface area is 192 Å². The molecule has 1 unspecified atom stereocenters. The Hall–Kier alpha value is -3.26. The number of benzene rings is 2. The van der Waals surface area contributed by atoms with Crippen LogP contribution >= 0.6 is 0 Å². The molecule has 172 valence electrons. The minimum atomic E-state index is -0.692. The number of halogens is 1. The lowest BCUT2D eigenvalue weighted by molar-refractivity contribution is -0.136. The number of carbonyl (C=O) groups is 3. The maximum Gasteiger partial charge on any atom is 0.255 e. The van der Waals surface area contributed by atoms with E-state index in [1.54, 1.807) is 6.07 Å². The van der Waals surface area contributed by atoms with Crippen molar-refractivity contribution in [3.63, 3.8) is 0 Å². The van der Waals surface area contributed by atoms with Gasteiger partial charge in [-0.1, -0.05) is 30.3 Å². The van der Waals surface area contributed by atoms with E-state index in [4.69, 9.17) is 0 Å². The third kappa shape index (κ3) is 4.35. The lowest BCUT2D eigenvalue weighted by atomic mass is 10.0. The van der Waals surface area contributed by atoms with Gasteiger partial charge in [0.15, 0.2) is 0 Å². The first-order valence-corrected chi connectivity index (χ1v) is 11.5. The highest BCUT2D eigenvalue weighted by atomic mass is 19.1. The normalized spacial score (nSPS) is 21.4. The van der Waals surface area contributed by atoms with Crippen LogP contribution in [0.1, 0.15) is 34.3 Å². The Morgan fingerprint density at radius 1 is 1.00 bits per heavy atom. The molecule has 2 fully saturated rings. The summed E-state index contributed by atoms with van der Waals surface area (Å²) in [5.74, 6) is -1.54. The summed E-state index contributed by atoms with van der Waals surface area (Å²) in [6.45, 7) is 4.37. The van der Waals surface area contributed by atoms with E-state index in [1.807, 2.05) is 11.0 Å². The number of piperazine rings is 1. The predicted molar refractivity (Wildman–Crippen MR) is 121 cm³/mol. The predicted octanol–water partition coefficient (Wildman–Crippen LogP) is 1.95. The monoisotopic (exact) mass is 450 g/mol. The first-order chi connectivity index (χ1) is 16.0. The highest BCUT2D eigenvalue weighted by Crippen LogP contribution is 2.33. The smallest absolute Gasteiger partial charge is 0.255 e. The van der Waals surface area contributed by atoms with Crippen LogP contribution in [0.3, 0.4) is 0 Å². The van der Waals surface area contributed by atoms with Gasteiger partial charge in [0.05, 0.1) is 5.69 Å². The van der Waals surface area contributed by atoms with Gasteiger partial charge in [-0.25, -0.2) is 4.39 Å². The van der Waals surface area contributed by atoms with Crippen molar-refractivity contribution in [1.82, 2.24) is 15.1 Å². The van der Waals surface area contributed by atoms with Crippen molar-refractivity contribution in [2.45, 2.75) is 31.8 Å². The second-order valence-electron chi connectivity index (χ2n) is 8.93. The van der Waals surface area contributed by atoms with Crippen LogP contribution in [0.25, 0.3) is 0 Å². The molecule has 0 radical (unpaired) electrons. The molecule has 2 aromatic carbocycles. The number of imide groups is 1. The number of hydrogen-bond acceptors (Lipinski definition) is 5. The third-order valence-corrected chi connectivity index (χ3v) is 6.86. The van der Waals surface area contributed by atoms with E-state index in [1.165, 1.54) is 16.5 Å². The number of nitrogens with one attached hydrogen (secondary N) is 1. The first-order valence-electron chi connectivity index (χ1n) is 11.5. The molecule has 0 spiro atoms. The van der Waals surface area contributed by atoms with Crippen LogP contribution in [0.2, 0.25) is 0 Å². The Morgan fingerprint density at radius 3 is 2.48 bits per heavy atom. The molecular weight excluding hydrogens is 423 g/mol. The van der Waals surface area contributed by atoms with E-state index in [0.717, 1.165) is 44.7 Å². The van der Waals surface area contributed by atoms with Crippen LogP contribution in [-0.2, 0) is 22.6 Å². The number of hydrogen-bond donors (Lipinski definition) is 1. The van der Waals surface area contributed by atoms with Crippen LogP contribution in [-0.4, -0.2) is 66.3 Å². The summed E-state index contributed by atoms with van der Waals surface area (Å²) < 4.78 is 15.0. The number of anilines is 1. The summed E-state index contributed by atoms with van der Waals surface area (Å²) in [5.41, 5.74) is 2.86. The molecule has 5 rings (SSSR count). The zero-order valence-corrected chi connectivity index (χ0v) is 18.4. The van der Waals surface area contributed by atoms with Gasteiger partial charge in [0, 0.05) is 51.3 Å². The summed E-state index contributed by atoms with van der Waals surface area (Å²) in [6.07, 6.45) is 1.49. The molecule has 3 heterocycles. The Kier molecular flexibility index (Phi) is 5.85. The van der Waals surface area contributed by atoms with Crippen molar-refractivity contribution < 1.29 is 18.8 Å². The number of amides is 3. The lowest BCUT2D eigenvalue weighted by Gasteiger charge is -2.36. The molecule has 1 atom stereocenters. The molecule has 7 nitrogen and oxygen atoms in total. The zero-order chi connectivity index (χ0) is 22.9. The van der Waals surface area contributed by atoms with Crippen LogP contribution in [0.4, 0.5) is 10.1 Å². The van der Waals surface area contributed by atoms with Crippen molar-refractivity contribution in [2.24, 2.45) is 0 Å². The van der Waals surface area contributed by atoms with E-state index in [0.29, 0.717) is 17.7 Å². The number of rotatable bonds is 5. The van der Waals surface area contributed by atoms with Crippen LogP contribution in [0.15, 0.2) is 42.5 Å². The van der Waals surface area contributed by atoms with Gasteiger partial charge < -0.3 is 9.80 Å². The van der Waals surface area contributed by atoms with E-state index in [-0.39, 0.29) is 24.8 Å². The maximum absolute atomic E-state index is 15.0. The summed E-state index contributed by atoms with van der Waals surface area (Å²) in [7, 11) is 0. The Balaban J connectivity index is 1.23. The molecule has 0 bridgehead atoms. The average Bonchev–Trinajstić information content (AvgIpc) is 3.13. The fraction of sp³-hybridized carbons (Fsp3) is 0.400. The summed E-state index contributed by atoms with van der Waals surface area (Å²) in [6, 6.07) is 12.8. The molecule has 3 amide bonds. The SMILES string of the molecule is O=C1CCC(N2Cc3cc(N4CCN(CCc5ccccc5)CC4)c(F)cc3C2=O)C(=O)N1. The molecule has 33 heavy (non-hydrogen) atoms. The summed E-state index contributed by atoms with van der Waals surface area (Å²) in [5, 5.41) is 2.29. The van der Waals surface area contributed by atoms with Gasteiger partial charge in [-0.15, -0.1) is 0 Å².